The Bertz CT molecular complexity index is 533. The Labute approximate surface area is 127 Å². The summed E-state index contributed by atoms with van der Waals surface area (Å²) in [6.45, 7) is 4.98. The predicted octanol–water partition coefficient (Wildman–Crippen LogP) is 4.29. The second-order valence-electron chi connectivity index (χ2n) is 5.48. The van der Waals surface area contributed by atoms with Crippen LogP contribution in [0.15, 0.2) is 28.7 Å². The molecule has 0 aliphatic carbocycles. The molecule has 1 N–H and O–H groups in total. The van der Waals surface area contributed by atoms with Gasteiger partial charge >= 0.3 is 0 Å². The van der Waals surface area contributed by atoms with Crippen LogP contribution in [0.1, 0.15) is 43.9 Å². The average Bonchev–Trinajstić information content (AvgIpc) is 2.86. The van der Waals surface area contributed by atoms with Gasteiger partial charge in [-0.1, -0.05) is 31.5 Å². The summed E-state index contributed by atoms with van der Waals surface area (Å²) in [6, 6.07) is 8.35. The van der Waals surface area contributed by atoms with Crippen LogP contribution in [0.4, 0.5) is 0 Å². The summed E-state index contributed by atoms with van der Waals surface area (Å²) in [4.78, 5) is 0. The largest absolute Gasteiger partial charge is 0.461 e. The molecule has 0 fully saturated rings. The zero-order valence-corrected chi connectivity index (χ0v) is 13.3. The quantitative estimate of drug-likeness (QED) is 0.662. The molecule has 0 amide bonds. The molecule has 0 spiro atoms. The number of methoxy groups -OCH3 is 1. The Morgan fingerprint density at radius 3 is 2.81 bits per heavy atom. The van der Waals surface area contributed by atoms with Crippen LogP contribution in [0.2, 0.25) is 0 Å². The van der Waals surface area contributed by atoms with Crippen LogP contribution in [0, 0.1) is 0 Å². The fraction of sp³-hybridized carbons (Fsp3) is 0.556. The molecular formula is C18H27NO2. The summed E-state index contributed by atoms with van der Waals surface area (Å²) >= 11 is 0. The van der Waals surface area contributed by atoms with E-state index in [0.717, 1.165) is 50.3 Å². The van der Waals surface area contributed by atoms with E-state index in [4.69, 9.17) is 9.15 Å². The number of hydrogen-bond donors (Lipinski definition) is 1. The van der Waals surface area contributed by atoms with Gasteiger partial charge < -0.3 is 14.5 Å². The third kappa shape index (κ3) is 4.58. The number of rotatable bonds is 10. The first kappa shape index (κ1) is 16.1. The van der Waals surface area contributed by atoms with Gasteiger partial charge in [0, 0.05) is 37.6 Å². The van der Waals surface area contributed by atoms with E-state index in [0.29, 0.717) is 0 Å². The SMILES string of the molecule is CCCCc1oc2ccccc2c1CNCCCCOC. The van der Waals surface area contributed by atoms with Crippen molar-refractivity contribution in [2.75, 3.05) is 20.3 Å². The van der Waals surface area contributed by atoms with Gasteiger partial charge in [-0.3, -0.25) is 0 Å². The minimum Gasteiger partial charge on any atom is -0.461 e. The number of hydrogen-bond acceptors (Lipinski definition) is 3. The molecule has 0 aliphatic rings. The van der Waals surface area contributed by atoms with Crippen molar-refractivity contribution < 1.29 is 9.15 Å². The number of nitrogens with one attached hydrogen (secondary N) is 1. The summed E-state index contributed by atoms with van der Waals surface area (Å²) < 4.78 is 11.1. The molecule has 2 aromatic rings. The molecule has 116 valence electrons. The number of ether oxygens (including phenoxy) is 1. The number of aryl methyl sites for hydroxylation is 1. The van der Waals surface area contributed by atoms with Crippen LogP contribution >= 0.6 is 0 Å². The van der Waals surface area contributed by atoms with Crippen LogP contribution in [0.3, 0.4) is 0 Å². The molecule has 1 heterocycles. The Morgan fingerprint density at radius 2 is 2.00 bits per heavy atom. The van der Waals surface area contributed by atoms with Gasteiger partial charge in [-0.25, -0.2) is 0 Å². The normalized spacial score (nSPS) is 11.3. The molecule has 21 heavy (non-hydrogen) atoms. The standard InChI is InChI=1S/C18H27NO2/c1-3-4-10-18-16(14-19-12-7-8-13-20-2)15-9-5-6-11-17(15)21-18/h5-6,9,11,19H,3-4,7-8,10,12-14H2,1-2H3. The maximum Gasteiger partial charge on any atom is 0.134 e. The average molecular weight is 289 g/mol. The molecule has 0 saturated carbocycles. The maximum atomic E-state index is 6.04. The van der Waals surface area contributed by atoms with Crippen molar-refractivity contribution in [1.82, 2.24) is 5.32 Å². The summed E-state index contributed by atoms with van der Waals surface area (Å²) in [6.07, 6.45) is 5.67. The van der Waals surface area contributed by atoms with E-state index in [-0.39, 0.29) is 0 Å². The first-order valence-corrected chi connectivity index (χ1v) is 8.05. The third-order valence-corrected chi connectivity index (χ3v) is 3.79. The molecule has 0 unspecified atom stereocenters. The van der Waals surface area contributed by atoms with Crippen LogP contribution in [0.5, 0.6) is 0 Å². The zero-order chi connectivity index (χ0) is 14.9. The number of fused-ring (bicyclic) bond motifs is 1. The molecule has 1 aromatic carbocycles. The van der Waals surface area contributed by atoms with Crippen molar-refractivity contribution >= 4 is 11.0 Å². The van der Waals surface area contributed by atoms with Crippen LogP contribution in [-0.4, -0.2) is 20.3 Å². The van der Waals surface area contributed by atoms with Gasteiger partial charge in [-0.05, 0) is 31.9 Å². The Hall–Kier alpha value is -1.32. The lowest BCUT2D eigenvalue weighted by atomic mass is 10.1. The molecule has 1 aromatic heterocycles. The van der Waals surface area contributed by atoms with Crippen molar-refractivity contribution in [3.63, 3.8) is 0 Å². The van der Waals surface area contributed by atoms with Gasteiger partial charge in [0.05, 0.1) is 0 Å². The van der Waals surface area contributed by atoms with Crippen molar-refractivity contribution in [3.05, 3.63) is 35.6 Å². The lowest BCUT2D eigenvalue weighted by Gasteiger charge is -2.06. The molecule has 3 heteroatoms. The lowest BCUT2D eigenvalue weighted by Crippen LogP contribution is -2.15. The van der Waals surface area contributed by atoms with Gasteiger partial charge in [-0.15, -0.1) is 0 Å². The zero-order valence-electron chi connectivity index (χ0n) is 13.3. The maximum absolute atomic E-state index is 6.04. The molecule has 0 atom stereocenters. The van der Waals surface area contributed by atoms with E-state index in [2.05, 4.69) is 30.4 Å². The van der Waals surface area contributed by atoms with Crippen LogP contribution in [0.25, 0.3) is 11.0 Å². The number of para-hydroxylation sites is 1. The van der Waals surface area contributed by atoms with E-state index in [1.165, 1.54) is 23.8 Å². The van der Waals surface area contributed by atoms with Crippen molar-refractivity contribution in [3.8, 4) is 0 Å². The van der Waals surface area contributed by atoms with Gasteiger partial charge in [0.2, 0.25) is 0 Å². The topological polar surface area (TPSA) is 34.4 Å². The molecule has 0 radical (unpaired) electrons. The molecule has 3 nitrogen and oxygen atoms in total. The highest BCUT2D eigenvalue weighted by Crippen LogP contribution is 2.27. The minimum atomic E-state index is 0.845. The molecule has 0 bridgehead atoms. The Morgan fingerprint density at radius 1 is 1.14 bits per heavy atom. The van der Waals surface area contributed by atoms with E-state index in [1.54, 1.807) is 7.11 Å². The van der Waals surface area contributed by atoms with Gasteiger partial charge in [0.1, 0.15) is 11.3 Å². The van der Waals surface area contributed by atoms with Crippen LogP contribution in [-0.2, 0) is 17.7 Å². The molecule has 0 saturated heterocycles. The third-order valence-electron chi connectivity index (χ3n) is 3.79. The molecule has 0 aliphatic heterocycles. The van der Waals surface area contributed by atoms with Crippen molar-refractivity contribution in [2.24, 2.45) is 0 Å². The molecular weight excluding hydrogens is 262 g/mol. The highest BCUT2D eigenvalue weighted by Gasteiger charge is 2.12. The van der Waals surface area contributed by atoms with Crippen molar-refractivity contribution in [1.29, 1.82) is 0 Å². The molecule has 2 rings (SSSR count). The monoisotopic (exact) mass is 289 g/mol. The van der Waals surface area contributed by atoms with E-state index in [9.17, 15) is 0 Å². The minimum absolute atomic E-state index is 0.845. The Balaban J connectivity index is 1.98. The fourth-order valence-electron chi connectivity index (χ4n) is 2.59. The van der Waals surface area contributed by atoms with Gasteiger partial charge in [0.25, 0.3) is 0 Å². The van der Waals surface area contributed by atoms with E-state index < -0.39 is 0 Å². The fourth-order valence-corrected chi connectivity index (χ4v) is 2.59. The highest BCUT2D eigenvalue weighted by atomic mass is 16.5. The second-order valence-corrected chi connectivity index (χ2v) is 5.48. The first-order chi connectivity index (χ1) is 10.4. The van der Waals surface area contributed by atoms with E-state index >= 15 is 0 Å². The summed E-state index contributed by atoms with van der Waals surface area (Å²) in [5.41, 5.74) is 2.35. The first-order valence-electron chi connectivity index (χ1n) is 8.05. The lowest BCUT2D eigenvalue weighted by molar-refractivity contribution is 0.192. The number of unbranched alkanes of at least 4 members (excludes halogenated alkanes) is 2. The summed E-state index contributed by atoms with van der Waals surface area (Å²) in [5, 5.41) is 4.80. The van der Waals surface area contributed by atoms with Crippen LogP contribution < -0.4 is 5.32 Å². The summed E-state index contributed by atoms with van der Waals surface area (Å²) in [7, 11) is 1.76. The number of furan rings is 1. The van der Waals surface area contributed by atoms with Crippen molar-refractivity contribution in [2.45, 2.75) is 45.6 Å². The Kier molecular flexibility index (Phi) is 6.77. The van der Waals surface area contributed by atoms with E-state index in [1.807, 2.05) is 6.07 Å². The smallest absolute Gasteiger partial charge is 0.134 e. The summed E-state index contributed by atoms with van der Waals surface area (Å²) in [5.74, 6) is 1.16. The number of benzene rings is 1. The second kappa shape index (κ2) is 8.85. The highest BCUT2D eigenvalue weighted by molar-refractivity contribution is 5.82. The van der Waals surface area contributed by atoms with Gasteiger partial charge in [-0.2, -0.15) is 0 Å². The van der Waals surface area contributed by atoms with Gasteiger partial charge in [0.15, 0.2) is 0 Å². The predicted molar refractivity (Wildman–Crippen MR) is 87.6 cm³/mol.